The SMILES string of the molecule is O=[P](c1ccccc1)C1CCCCC1. The second-order valence-electron chi connectivity index (χ2n) is 3.95. The minimum Gasteiger partial charge on any atom is -0.282 e. The Morgan fingerprint density at radius 2 is 1.64 bits per heavy atom. The average Bonchev–Trinajstić information content (AvgIpc) is 2.30. The number of hydrogen-bond acceptors (Lipinski definition) is 1. The largest absolute Gasteiger partial charge is 0.282 e. The van der Waals surface area contributed by atoms with E-state index in [2.05, 4.69) is 0 Å². The van der Waals surface area contributed by atoms with E-state index in [0.29, 0.717) is 5.66 Å². The Kier molecular flexibility index (Phi) is 3.31. The van der Waals surface area contributed by atoms with Crippen LogP contribution in [0.3, 0.4) is 0 Å². The molecule has 0 aromatic heterocycles. The molecule has 1 saturated carbocycles. The summed E-state index contributed by atoms with van der Waals surface area (Å²) in [5.41, 5.74) is 0.446. The van der Waals surface area contributed by atoms with Crippen molar-refractivity contribution in [3.63, 3.8) is 0 Å². The second kappa shape index (κ2) is 4.70. The maximum atomic E-state index is 12.1. The Morgan fingerprint density at radius 1 is 1.00 bits per heavy atom. The van der Waals surface area contributed by atoms with Crippen LogP contribution in [0.5, 0.6) is 0 Å². The van der Waals surface area contributed by atoms with Crippen molar-refractivity contribution in [2.75, 3.05) is 0 Å². The molecule has 0 amide bonds. The fraction of sp³-hybridized carbons (Fsp3) is 0.500. The maximum absolute atomic E-state index is 12.1. The van der Waals surface area contributed by atoms with Crippen LogP contribution in [0.2, 0.25) is 0 Å². The molecule has 0 N–H and O–H groups in total. The predicted octanol–water partition coefficient (Wildman–Crippen LogP) is 3.47. The van der Waals surface area contributed by atoms with Crippen LogP contribution < -0.4 is 5.30 Å². The van der Waals surface area contributed by atoms with E-state index in [1.807, 2.05) is 30.3 Å². The van der Waals surface area contributed by atoms with Gasteiger partial charge in [-0.3, -0.25) is 4.57 Å². The van der Waals surface area contributed by atoms with E-state index in [-0.39, 0.29) is 0 Å². The molecular weight excluding hydrogens is 191 g/mol. The molecule has 75 valence electrons. The van der Waals surface area contributed by atoms with E-state index in [1.54, 1.807) is 0 Å². The first-order valence-electron chi connectivity index (χ1n) is 5.39. The molecule has 1 aliphatic carbocycles. The molecule has 1 aromatic carbocycles. The second-order valence-corrected chi connectivity index (χ2v) is 5.85. The van der Waals surface area contributed by atoms with Gasteiger partial charge in [0.1, 0.15) is 7.80 Å². The monoisotopic (exact) mass is 207 g/mol. The Bertz CT molecular complexity index is 301. The van der Waals surface area contributed by atoms with Crippen molar-refractivity contribution in [3.8, 4) is 0 Å². The van der Waals surface area contributed by atoms with Crippen LogP contribution in [0, 0.1) is 0 Å². The third-order valence-corrected chi connectivity index (χ3v) is 4.90. The van der Waals surface area contributed by atoms with Crippen LogP contribution in [0.1, 0.15) is 32.1 Å². The molecule has 1 unspecified atom stereocenters. The van der Waals surface area contributed by atoms with Gasteiger partial charge in [-0.1, -0.05) is 37.5 Å². The Balaban J connectivity index is 2.07. The zero-order chi connectivity index (χ0) is 9.80. The van der Waals surface area contributed by atoms with Crippen LogP contribution >= 0.6 is 7.80 Å². The molecule has 1 aliphatic rings. The zero-order valence-corrected chi connectivity index (χ0v) is 9.25. The van der Waals surface area contributed by atoms with Gasteiger partial charge in [0.2, 0.25) is 0 Å². The van der Waals surface area contributed by atoms with Gasteiger partial charge in [-0.2, -0.15) is 0 Å². The molecule has 0 spiro atoms. The summed E-state index contributed by atoms with van der Waals surface area (Å²) in [5, 5.41) is 1.04. The molecule has 14 heavy (non-hydrogen) atoms. The highest BCUT2D eigenvalue weighted by Crippen LogP contribution is 2.37. The highest BCUT2D eigenvalue weighted by molar-refractivity contribution is 7.54. The van der Waals surface area contributed by atoms with Gasteiger partial charge in [0.05, 0.1) is 0 Å². The van der Waals surface area contributed by atoms with Gasteiger partial charge in [0, 0.05) is 11.0 Å². The number of hydrogen-bond donors (Lipinski definition) is 0. The lowest BCUT2D eigenvalue weighted by Crippen LogP contribution is -2.12. The number of benzene rings is 1. The fourth-order valence-electron chi connectivity index (χ4n) is 2.10. The third-order valence-electron chi connectivity index (χ3n) is 2.92. The summed E-state index contributed by atoms with van der Waals surface area (Å²) >= 11 is 0. The van der Waals surface area contributed by atoms with E-state index >= 15 is 0 Å². The van der Waals surface area contributed by atoms with Crippen LogP contribution in [-0.4, -0.2) is 5.66 Å². The quantitative estimate of drug-likeness (QED) is 0.678. The van der Waals surface area contributed by atoms with E-state index in [4.69, 9.17) is 0 Å². The van der Waals surface area contributed by atoms with Gasteiger partial charge < -0.3 is 0 Å². The summed E-state index contributed by atoms with van der Waals surface area (Å²) < 4.78 is 12.1. The Morgan fingerprint density at radius 3 is 2.29 bits per heavy atom. The van der Waals surface area contributed by atoms with Crippen molar-refractivity contribution in [3.05, 3.63) is 30.3 Å². The smallest absolute Gasteiger partial charge is 0.107 e. The van der Waals surface area contributed by atoms with Crippen molar-refractivity contribution in [2.45, 2.75) is 37.8 Å². The lowest BCUT2D eigenvalue weighted by molar-refractivity contribution is 0.494. The van der Waals surface area contributed by atoms with Crippen molar-refractivity contribution in [2.24, 2.45) is 0 Å². The molecule has 1 fully saturated rings. The normalized spacial score (nSPS) is 19.3. The lowest BCUT2D eigenvalue weighted by atomic mass is 10.0. The maximum Gasteiger partial charge on any atom is 0.107 e. The first-order valence-corrected chi connectivity index (χ1v) is 6.72. The van der Waals surface area contributed by atoms with Gasteiger partial charge in [-0.25, -0.2) is 0 Å². The summed E-state index contributed by atoms with van der Waals surface area (Å²) in [6.07, 6.45) is 6.17. The van der Waals surface area contributed by atoms with Crippen LogP contribution in [0.25, 0.3) is 0 Å². The van der Waals surface area contributed by atoms with Gasteiger partial charge in [-0.05, 0) is 25.0 Å². The van der Waals surface area contributed by atoms with Crippen LogP contribution in [0.15, 0.2) is 30.3 Å². The van der Waals surface area contributed by atoms with Gasteiger partial charge in [0.25, 0.3) is 0 Å². The molecule has 0 aliphatic heterocycles. The van der Waals surface area contributed by atoms with E-state index < -0.39 is 7.80 Å². The highest BCUT2D eigenvalue weighted by atomic mass is 31.1. The first kappa shape index (κ1) is 9.86. The summed E-state index contributed by atoms with van der Waals surface area (Å²) in [5.74, 6) is 0. The minimum absolute atomic E-state index is 0.446. The lowest BCUT2D eigenvalue weighted by Gasteiger charge is -2.20. The first-order chi connectivity index (χ1) is 6.88. The average molecular weight is 207 g/mol. The van der Waals surface area contributed by atoms with E-state index in [1.165, 1.54) is 19.3 Å². The summed E-state index contributed by atoms with van der Waals surface area (Å²) in [6, 6.07) is 9.92. The molecule has 0 heterocycles. The summed E-state index contributed by atoms with van der Waals surface area (Å²) in [7, 11) is -1.14. The number of rotatable bonds is 2. The summed E-state index contributed by atoms with van der Waals surface area (Å²) in [4.78, 5) is 0. The van der Waals surface area contributed by atoms with Crippen molar-refractivity contribution >= 4 is 13.1 Å². The molecule has 1 radical (unpaired) electrons. The molecule has 0 saturated heterocycles. The zero-order valence-electron chi connectivity index (χ0n) is 8.36. The molecule has 1 aromatic rings. The van der Waals surface area contributed by atoms with E-state index in [0.717, 1.165) is 18.1 Å². The summed E-state index contributed by atoms with van der Waals surface area (Å²) in [6.45, 7) is 0. The van der Waals surface area contributed by atoms with Crippen LogP contribution in [0.4, 0.5) is 0 Å². The van der Waals surface area contributed by atoms with Crippen LogP contribution in [-0.2, 0) is 4.57 Å². The Hall–Kier alpha value is -0.680. The van der Waals surface area contributed by atoms with Crippen molar-refractivity contribution in [1.82, 2.24) is 0 Å². The van der Waals surface area contributed by atoms with Gasteiger partial charge >= 0.3 is 0 Å². The third kappa shape index (κ3) is 2.22. The van der Waals surface area contributed by atoms with Crippen molar-refractivity contribution < 1.29 is 4.57 Å². The molecule has 2 heteroatoms. The standard InChI is InChI=1S/C12H16OP/c13-14(11-7-3-1-4-8-11)12-9-5-2-6-10-12/h1,3-4,7-8,12H,2,5-6,9-10H2. The highest BCUT2D eigenvalue weighted by Gasteiger charge is 2.21. The molecular formula is C12H16OP. The van der Waals surface area contributed by atoms with E-state index in [9.17, 15) is 4.57 Å². The van der Waals surface area contributed by atoms with Crippen molar-refractivity contribution in [1.29, 1.82) is 0 Å². The van der Waals surface area contributed by atoms with Gasteiger partial charge in [0.15, 0.2) is 0 Å². The predicted molar refractivity (Wildman–Crippen MR) is 60.6 cm³/mol. The topological polar surface area (TPSA) is 17.1 Å². The Labute approximate surface area is 86.3 Å². The molecule has 1 atom stereocenters. The molecule has 1 nitrogen and oxygen atoms in total. The fourth-order valence-corrected chi connectivity index (χ4v) is 3.82. The minimum atomic E-state index is -1.14. The molecule has 2 rings (SSSR count). The van der Waals surface area contributed by atoms with Gasteiger partial charge in [-0.15, -0.1) is 0 Å². The molecule has 0 bridgehead atoms.